The van der Waals surface area contributed by atoms with Gasteiger partial charge >= 0.3 is 5.97 Å². The van der Waals surface area contributed by atoms with Gasteiger partial charge in [0.1, 0.15) is 6.10 Å². The summed E-state index contributed by atoms with van der Waals surface area (Å²) in [4.78, 5) is 11.4. The molecule has 1 aliphatic heterocycles. The van der Waals surface area contributed by atoms with Gasteiger partial charge in [-0.05, 0) is 19.3 Å². The largest absolute Gasteiger partial charge is 0.462 e. The monoisotopic (exact) mass is 168 g/mol. The highest BCUT2D eigenvalue weighted by Gasteiger charge is 2.44. The molecule has 0 aromatic rings. The van der Waals surface area contributed by atoms with Crippen LogP contribution in [-0.2, 0) is 9.53 Å². The third-order valence-corrected chi connectivity index (χ3v) is 3.27. The zero-order chi connectivity index (χ0) is 8.55. The zero-order valence-corrected chi connectivity index (χ0v) is 7.58. The van der Waals surface area contributed by atoms with Crippen LogP contribution in [0.15, 0.2) is 0 Å². The molecular formula is C10H16O2. The smallest absolute Gasteiger partial charge is 0.309 e. The van der Waals surface area contributed by atoms with E-state index in [1.54, 1.807) is 0 Å². The molecule has 0 aromatic heterocycles. The summed E-state index contributed by atoms with van der Waals surface area (Å²) >= 11 is 0. The first-order valence-corrected chi connectivity index (χ1v) is 5.03. The Morgan fingerprint density at radius 3 is 2.92 bits per heavy atom. The standard InChI is InChI=1S/C10H16O2/c1-2-9-7-5-3-4-6-8(7)10(11)12-9/h7-9H,2-6H2,1H3/t7-,8+,9+/m1/s1. The third-order valence-electron chi connectivity index (χ3n) is 3.27. The van der Waals surface area contributed by atoms with Crippen molar-refractivity contribution in [3.05, 3.63) is 0 Å². The van der Waals surface area contributed by atoms with E-state index in [1.165, 1.54) is 19.3 Å². The Morgan fingerprint density at radius 2 is 2.17 bits per heavy atom. The first-order valence-electron chi connectivity index (χ1n) is 5.03. The predicted octanol–water partition coefficient (Wildman–Crippen LogP) is 2.13. The fraction of sp³-hybridized carbons (Fsp3) is 0.900. The molecule has 1 aliphatic carbocycles. The molecule has 2 fully saturated rings. The summed E-state index contributed by atoms with van der Waals surface area (Å²) in [5.41, 5.74) is 0. The van der Waals surface area contributed by atoms with Crippen LogP contribution in [0.1, 0.15) is 39.0 Å². The second-order valence-corrected chi connectivity index (χ2v) is 3.94. The summed E-state index contributed by atoms with van der Waals surface area (Å²) in [5.74, 6) is 0.881. The van der Waals surface area contributed by atoms with Crippen molar-refractivity contribution >= 4 is 5.97 Å². The van der Waals surface area contributed by atoms with Crippen LogP contribution in [-0.4, -0.2) is 12.1 Å². The van der Waals surface area contributed by atoms with Crippen molar-refractivity contribution in [3.63, 3.8) is 0 Å². The van der Waals surface area contributed by atoms with Crippen molar-refractivity contribution in [1.29, 1.82) is 0 Å². The van der Waals surface area contributed by atoms with Gasteiger partial charge < -0.3 is 4.74 Å². The molecule has 0 radical (unpaired) electrons. The molecule has 0 spiro atoms. The first-order chi connectivity index (χ1) is 5.83. The third kappa shape index (κ3) is 1.13. The lowest BCUT2D eigenvalue weighted by molar-refractivity contribution is -0.144. The quantitative estimate of drug-likeness (QED) is 0.561. The van der Waals surface area contributed by atoms with Gasteiger partial charge in [-0.3, -0.25) is 4.79 Å². The van der Waals surface area contributed by atoms with E-state index < -0.39 is 0 Å². The average Bonchev–Trinajstić information content (AvgIpc) is 2.44. The molecule has 0 bridgehead atoms. The molecule has 12 heavy (non-hydrogen) atoms. The van der Waals surface area contributed by atoms with E-state index in [0.29, 0.717) is 5.92 Å². The highest BCUT2D eigenvalue weighted by Crippen LogP contribution is 2.40. The number of rotatable bonds is 1. The molecule has 0 aromatic carbocycles. The van der Waals surface area contributed by atoms with Gasteiger partial charge in [0.15, 0.2) is 0 Å². The number of carbonyl (C=O) groups is 1. The molecule has 2 rings (SSSR count). The van der Waals surface area contributed by atoms with Crippen LogP contribution in [0.2, 0.25) is 0 Å². The zero-order valence-electron chi connectivity index (χ0n) is 7.58. The Kier molecular flexibility index (Phi) is 2.07. The Hall–Kier alpha value is -0.530. The molecule has 0 unspecified atom stereocenters. The minimum absolute atomic E-state index is 0.0755. The van der Waals surface area contributed by atoms with Crippen LogP contribution in [0.5, 0.6) is 0 Å². The van der Waals surface area contributed by atoms with Crippen LogP contribution in [0.4, 0.5) is 0 Å². The number of hydrogen-bond acceptors (Lipinski definition) is 2. The van der Waals surface area contributed by atoms with Crippen LogP contribution in [0, 0.1) is 11.8 Å². The lowest BCUT2D eigenvalue weighted by Gasteiger charge is -2.23. The molecule has 68 valence electrons. The van der Waals surface area contributed by atoms with Gasteiger partial charge in [0.05, 0.1) is 5.92 Å². The number of cyclic esters (lactones) is 1. The van der Waals surface area contributed by atoms with Gasteiger partial charge in [-0.2, -0.15) is 0 Å². The fourth-order valence-corrected chi connectivity index (χ4v) is 2.61. The number of ether oxygens (including phenoxy) is 1. The van der Waals surface area contributed by atoms with Crippen LogP contribution in [0.3, 0.4) is 0 Å². The van der Waals surface area contributed by atoms with E-state index >= 15 is 0 Å². The van der Waals surface area contributed by atoms with Crippen molar-refractivity contribution in [3.8, 4) is 0 Å². The minimum Gasteiger partial charge on any atom is -0.462 e. The van der Waals surface area contributed by atoms with E-state index in [0.717, 1.165) is 12.8 Å². The van der Waals surface area contributed by atoms with Crippen molar-refractivity contribution < 1.29 is 9.53 Å². The van der Waals surface area contributed by atoms with Crippen molar-refractivity contribution in [2.24, 2.45) is 11.8 Å². The number of fused-ring (bicyclic) bond motifs is 1. The maximum Gasteiger partial charge on any atom is 0.309 e. The molecular weight excluding hydrogens is 152 g/mol. The maximum atomic E-state index is 11.4. The normalized spacial score (nSPS) is 40.8. The Labute approximate surface area is 73.3 Å². The van der Waals surface area contributed by atoms with Crippen molar-refractivity contribution in [2.75, 3.05) is 0 Å². The van der Waals surface area contributed by atoms with Gasteiger partial charge in [0.25, 0.3) is 0 Å². The molecule has 2 heteroatoms. The molecule has 3 atom stereocenters. The number of carbonyl (C=O) groups excluding carboxylic acids is 1. The second-order valence-electron chi connectivity index (χ2n) is 3.94. The average molecular weight is 168 g/mol. The van der Waals surface area contributed by atoms with E-state index in [9.17, 15) is 4.79 Å². The van der Waals surface area contributed by atoms with Crippen molar-refractivity contribution in [1.82, 2.24) is 0 Å². The van der Waals surface area contributed by atoms with Crippen LogP contribution in [0.25, 0.3) is 0 Å². The van der Waals surface area contributed by atoms with E-state index in [1.807, 2.05) is 0 Å². The van der Waals surface area contributed by atoms with Gasteiger partial charge in [0.2, 0.25) is 0 Å². The molecule has 0 amide bonds. The Morgan fingerprint density at radius 1 is 1.42 bits per heavy atom. The minimum atomic E-state index is 0.0755. The maximum absolute atomic E-state index is 11.4. The Balaban J connectivity index is 2.10. The molecule has 2 nitrogen and oxygen atoms in total. The fourth-order valence-electron chi connectivity index (χ4n) is 2.61. The highest BCUT2D eigenvalue weighted by molar-refractivity contribution is 5.75. The first kappa shape index (κ1) is 8.09. The lowest BCUT2D eigenvalue weighted by Crippen LogP contribution is -2.23. The highest BCUT2D eigenvalue weighted by atomic mass is 16.6. The molecule has 2 aliphatic rings. The molecule has 0 N–H and O–H groups in total. The van der Waals surface area contributed by atoms with E-state index in [-0.39, 0.29) is 18.0 Å². The molecule has 1 saturated carbocycles. The summed E-state index contributed by atoms with van der Waals surface area (Å²) in [6.07, 6.45) is 6.01. The topological polar surface area (TPSA) is 26.3 Å². The van der Waals surface area contributed by atoms with Gasteiger partial charge in [-0.15, -0.1) is 0 Å². The van der Waals surface area contributed by atoms with Crippen LogP contribution < -0.4 is 0 Å². The summed E-state index contributed by atoms with van der Waals surface area (Å²) in [7, 11) is 0. The summed E-state index contributed by atoms with van der Waals surface area (Å²) in [5, 5.41) is 0. The van der Waals surface area contributed by atoms with Gasteiger partial charge in [-0.25, -0.2) is 0 Å². The van der Waals surface area contributed by atoms with E-state index in [2.05, 4.69) is 6.92 Å². The summed E-state index contributed by atoms with van der Waals surface area (Å²) in [6, 6.07) is 0. The lowest BCUT2D eigenvalue weighted by atomic mass is 9.78. The number of hydrogen-bond donors (Lipinski definition) is 0. The SMILES string of the molecule is CC[C@@H]1OC(=O)[C@H]2CCCC[C@@H]12. The molecule has 1 saturated heterocycles. The second kappa shape index (κ2) is 3.08. The van der Waals surface area contributed by atoms with Crippen LogP contribution >= 0.6 is 0 Å². The predicted molar refractivity (Wildman–Crippen MR) is 45.6 cm³/mol. The summed E-state index contributed by atoms with van der Waals surface area (Å²) in [6.45, 7) is 2.11. The number of esters is 1. The van der Waals surface area contributed by atoms with Gasteiger partial charge in [-0.1, -0.05) is 19.8 Å². The van der Waals surface area contributed by atoms with E-state index in [4.69, 9.17) is 4.74 Å². The Bertz CT molecular complexity index is 188. The summed E-state index contributed by atoms with van der Waals surface area (Å²) < 4.78 is 5.32. The molecule has 1 heterocycles. The van der Waals surface area contributed by atoms with Gasteiger partial charge in [0, 0.05) is 5.92 Å². The van der Waals surface area contributed by atoms with Crippen molar-refractivity contribution in [2.45, 2.75) is 45.1 Å².